The van der Waals surface area contributed by atoms with Crippen molar-refractivity contribution in [2.75, 3.05) is 13.2 Å². The largest absolute Gasteiger partial charge is 0.477 e. The van der Waals surface area contributed by atoms with Crippen LogP contribution in [0.15, 0.2) is 18.2 Å². The minimum absolute atomic E-state index is 0.110. The summed E-state index contributed by atoms with van der Waals surface area (Å²) in [7, 11) is 0. The van der Waals surface area contributed by atoms with Crippen molar-refractivity contribution in [3.05, 3.63) is 23.9 Å². The molecule has 0 aliphatic rings. The van der Waals surface area contributed by atoms with Crippen LogP contribution < -0.4 is 10.5 Å². The first-order valence-electron chi connectivity index (χ1n) is 5.09. The molecule has 0 saturated carbocycles. The third-order valence-corrected chi connectivity index (χ3v) is 1.89. The summed E-state index contributed by atoms with van der Waals surface area (Å²) in [5.74, 6) is 1.02. The van der Waals surface area contributed by atoms with Gasteiger partial charge in [-0.25, -0.2) is 4.98 Å². The quantitative estimate of drug-likeness (QED) is 0.764. The summed E-state index contributed by atoms with van der Waals surface area (Å²) in [5, 5.41) is 8.89. The third kappa shape index (κ3) is 3.85. The topological polar surface area (TPSA) is 68.4 Å². The minimum Gasteiger partial charge on any atom is -0.477 e. The van der Waals surface area contributed by atoms with Crippen LogP contribution in [0.25, 0.3) is 0 Å². The van der Waals surface area contributed by atoms with Crippen molar-refractivity contribution in [2.24, 2.45) is 11.7 Å². The second kappa shape index (κ2) is 5.68. The van der Waals surface area contributed by atoms with Gasteiger partial charge in [-0.15, -0.1) is 0 Å². The smallest absolute Gasteiger partial charge is 0.213 e. The number of nitrogens with zero attached hydrogens (tertiary/aromatic N) is 1. The molecule has 0 bridgehead atoms. The highest BCUT2D eigenvalue weighted by molar-refractivity contribution is 5.18. The van der Waals surface area contributed by atoms with E-state index in [1.807, 2.05) is 6.07 Å². The zero-order chi connectivity index (χ0) is 11.3. The highest BCUT2D eigenvalue weighted by Gasteiger charge is 2.07. The fourth-order valence-electron chi connectivity index (χ4n) is 1.06. The van der Waals surface area contributed by atoms with Crippen molar-refractivity contribution in [3.63, 3.8) is 0 Å². The molecule has 0 radical (unpaired) electrons. The van der Waals surface area contributed by atoms with Crippen molar-refractivity contribution in [2.45, 2.75) is 19.9 Å². The van der Waals surface area contributed by atoms with Crippen molar-refractivity contribution >= 4 is 0 Å². The van der Waals surface area contributed by atoms with Gasteiger partial charge in [0.05, 0.1) is 24.9 Å². The van der Waals surface area contributed by atoms with Gasteiger partial charge in [0.1, 0.15) is 0 Å². The first kappa shape index (κ1) is 11.9. The number of rotatable bonds is 5. The summed E-state index contributed by atoms with van der Waals surface area (Å²) in [6.07, 6.45) is 0. The first-order valence-corrected chi connectivity index (χ1v) is 5.09. The predicted molar refractivity (Wildman–Crippen MR) is 58.6 cm³/mol. The molecule has 3 N–H and O–H groups in total. The van der Waals surface area contributed by atoms with Crippen LogP contribution in [0.2, 0.25) is 0 Å². The highest BCUT2D eigenvalue weighted by Crippen LogP contribution is 2.13. The van der Waals surface area contributed by atoms with Crippen molar-refractivity contribution in [3.8, 4) is 5.88 Å². The Balaban J connectivity index is 2.65. The molecule has 0 fully saturated rings. The molecular weight excluding hydrogens is 192 g/mol. The number of ether oxygens (including phenoxy) is 1. The van der Waals surface area contributed by atoms with Gasteiger partial charge >= 0.3 is 0 Å². The number of hydrogen-bond donors (Lipinski definition) is 2. The second-order valence-electron chi connectivity index (χ2n) is 3.89. The van der Waals surface area contributed by atoms with Gasteiger partial charge in [0, 0.05) is 6.07 Å². The molecule has 15 heavy (non-hydrogen) atoms. The molecule has 0 saturated heterocycles. The van der Waals surface area contributed by atoms with Crippen LogP contribution in [0.1, 0.15) is 25.6 Å². The zero-order valence-electron chi connectivity index (χ0n) is 9.18. The predicted octanol–water partition coefficient (Wildman–Crippen LogP) is 1.11. The lowest BCUT2D eigenvalue weighted by atomic mass is 10.2. The molecule has 1 atom stereocenters. The molecule has 0 aliphatic carbocycles. The number of aromatic nitrogens is 1. The Morgan fingerprint density at radius 2 is 2.20 bits per heavy atom. The van der Waals surface area contributed by atoms with Gasteiger partial charge in [0.25, 0.3) is 0 Å². The Morgan fingerprint density at radius 3 is 2.80 bits per heavy atom. The molecule has 4 nitrogen and oxygen atoms in total. The fraction of sp³-hybridized carbons (Fsp3) is 0.545. The Labute approximate surface area is 90.1 Å². The van der Waals surface area contributed by atoms with Crippen molar-refractivity contribution < 1.29 is 9.84 Å². The molecule has 0 aliphatic heterocycles. The van der Waals surface area contributed by atoms with E-state index in [-0.39, 0.29) is 6.61 Å². The van der Waals surface area contributed by atoms with E-state index in [9.17, 15) is 0 Å². The van der Waals surface area contributed by atoms with Gasteiger partial charge < -0.3 is 15.6 Å². The highest BCUT2D eigenvalue weighted by atomic mass is 16.5. The zero-order valence-corrected chi connectivity index (χ0v) is 9.18. The van der Waals surface area contributed by atoms with Gasteiger partial charge in [-0.1, -0.05) is 19.9 Å². The maximum atomic E-state index is 8.89. The molecule has 0 amide bonds. The monoisotopic (exact) mass is 210 g/mol. The number of pyridine rings is 1. The number of aliphatic hydroxyl groups is 1. The van der Waals surface area contributed by atoms with Crippen molar-refractivity contribution in [1.82, 2.24) is 4.98 Å². The van der Waals surface area contributed by atoms with Gasteiger partial charge in [-0.2, -0.15) is 0 Å². The van der Waals surface area contributed by atoms with E-state index in [4.69, 9.17) is 15.6 Å². The van der Waals surface area contributed by atoms with Crippen LogP contribution in [0.3, 0.4) is 0 Å². The second-order valence-corrected chi connectivity index (χ2v) is 3.89. The molecule has 1 heterocycles. The molecular formula is C11H18N2O2. The normalized spacial score (nSPS) is 12.9. The van der Waals surface area contributed by atoms with E-state index in [1.54, 1.807) is 12.1 Å². The standard InChI is InChI=1S/C11H18N2O2/c1-8(2)7-15-11-5-3-4-10(13-11)9(12)6-14/h3-5,8-9,14H,6-7,12H2,1-2H3. The van der Waals surface area contributed by atoms with Crippen LogP contribution in [0.4, 0.5) is 0 Å². The lowest BCUT2D eigenvalue weighted by Crippen LogP contribution is -2.16. The number of aliphatic hydroxyl groups excluding tert-OH is 1. The van der Waals surface area contributed by atoms with Crippen LogP contribution in [0.5, 0.6) is 5.88 Å². The third-order valence-electron chi connectivity index (χ3n) is 1.89. The van der Waals surface area contributed by atoms with Gasteiger partial charge in [-0.3, -0.25) is 0 Å². The van der Waals surface area contributed by atoms with E-state index in [1.165, 1.54) is 0 Å². The first-order chi connectivity index (χ1) is 7.13. The Morgan fingerprint density at radius 1 is 1.47 bits per heavy atom. The van der Waals surface area contributed by atoms with Crippen LogP contribution in [-0.4, -0.2) is 23.3 Å². The van der Waals surface area contributed by atoms with E-state index < -0.39 is 6.04 Å². The van der Waals surface area contributed by atoms with E-state index in [0.29, 0.717) is 24.1 Å². The van der Waals surface area contributed by atoms with Crippen LogP contribution in [0, 0.1) is 5.92 Å². The molecule has 84 valence electrons. The SMILES string of the molecule is CC(C)COc1cccc(C(N)CO)n1. The Kier molecular flexibility index (Phi) is 4.52. The molecule has 4 heteroatoms. The maximum Gasteiger partial charge on any atom is 0.213 e. The molecule has 0 aromatic carbocycles. The molecule has 1 aromatic rings. The fourth-order valence-corrected chi connectivity index (χ4v) is 1.06. The molecule has 1 unspecified atom stereocenters. The van der Waals surface area contributed by atoms with Crippen LogP contribution in [-0.2, 0) is 0 Å². The molecule has 1 rings (SSSR count). The number of nitrogens with two attached hydrogens (primary N) is 1. The van der Waals surface area contributed by atoms with Gasteiger partial charge in [-0.05, 0) is 12.0 Å². The summed E-state index contributed by atoms with van der Waals surface area (Å²) < 4.78 is 5.45. The molecule has 0 spiro atoms. The Hall–Kier alpha value is -1.13. The molecule has 1 aromatic heterocycles. The van der Waals surface area contributed by atoms with E-state index in [2.05, 4.69) is 18.8 Å². The van der Waals surface area contributed by atoms with Crippen LogP contribution >= 0.6 is 0 Å². The summed E-state index contributed by atoms with van der Waals surface area (Å²) in [6, 6.07) is 4.96. The minimum atomic E-state index is -0.437. The summed E-state index contributed by atoms with van der Waals surface area (Å²) in [4.78, 5) is 4.21. The lowest BCUT2D eigenvalue weighted by molar-refractivity contribution is 0.252. The lowest BCUT2D eigenvalue weighted by Gasteiger charge is -2.11. The average Bonchev–Trinajstić information content (AvgIpc) is 2.25. The van der Waals surface area contributed by atoms with Gasteiger partial charge in [0.2, 0.25) is 5.88 Å². The van der Waals surface area contributed by atoms with E-state index >= 15 is 0 Å². The number of hydrogen-bond acceptors (Lipinski definition) is 4. The maximum absolute atomic E-state index is 8.89. The van der Waals surface area contributed by atoms with Crippen molar-refractivity contribution in [1.29, 1.82) is 0 Å². The summed E-state index contributed by atoms with van der Waals surface area (Å²) in [6.45, 7) is 4.66. The summed E-state index contributed by atoms with van der Waals surface area (Å²) in [5.41, 5.74) is 6.30. The summed E-state index contributed by atoms with van der Waals surface area (Å²) >= 11 is 0. The average molecular weight is 210 g/mol. The van der Waals surface area contributed by atoms with Gasteiger partial charge in [0.15, 0.2) is 0 Å². The van der Waals surface area contributed by atoms with E-state index in [0.717, 1.165) is 0 Å². The Bertz CT molecular complexity index is 302.